The molecule has 1 fully saturated rings. The minimum absolute atomic E-state index is 0. The third kappa shape index (κ3) is 3.37. The predicted molar refractivity (Wildman–Crippen MR) is 74.8 cm³/mol. The van der Waals surface area contributed by atoms with E-state index in [4.69, 9.17) is 11.6 Å². The zero-order valence-corrected chi connectivity index (χ0v) is 11.9. The van der Waals surface area contributed by atoms with Gasteiger partial charge in [-0.3, -0.25) is 0 Å². The summed E-state index contributed by atoms with van der Waals surface area (Å²) < 4.78 is 0. The maximum absolute atomic E-state index is 10.3. The van der Waals surface area contributed by atoms with E-state index < -0.39 is 6.10 Å². The molecule has 1 nitrogen and oxygen atoms in total. The van der Waals surface area contributed by atoms with Gasteiger partial charge >= 0.3 is 0 Å². The standard InChI is InChI=1S/C14H19ClO.ClH/c1-14(2)8-7-10(9-14)13(16)11-5-3-4-6-12(11)15;/h3-6,10,13,16H,7-9H2,1-2H3;1H/t10-,13-;/m0./s1. The maximum Gasteiger partial charge on any atom is 0.0832 e. The average molecular weight is 275 g/mol. The van der Waals surface area contributed by atoms with Crippen molar-refractivity contribution >= 4 is 24.0 Å². The van der Waals surface area contributed by atoms with Gasteiger partial charge in [0.05, 0.1) is 6.10 Å². The van der Waals surface area contributed by atoms with E-state index in [2.05, 4.69) is 13.8 Å². The van der Waals surface area contributed by atoms with Crippen LogP contribution in [0.25, 0.3) is 0 Å². The van der Waals surface area contributed by atoms with Gasteiger partial charge in [0.15, 0.2) is 0 Å². The summed E-state index contributed by atoms with van der Waals surface area (Å²) in [6, 6.07) is 7.61. The molecule has 0 saturated heterocycles. The maximum atomic E-state index is 10.3. The van der Waals surface area contributed by atoms with Gasteiger partial charge in [-0.2, -0.15) is 0 Å². The molecule has 1 aromatic rings. The minimum Gasteiger partial charge on any atom is -0.388 e. The van der Waals surface area contributed by atoms with Crippen LogP contribution in [0.15, 0.2) is 24.3 Å². The van der Waals surface area contributed by atoms with E-state index in [1.54, 1.807) is 0 Å². The van der Waals surface area contributed by atoms with E-state index >= 15 is 0 Å². The zero-order valence-electron chi connectivity index (χ0n) is 10.3. The second-order valence-electron chi connectivity index (χ2n) is 5.63. The lowest BCUT2D eigenvalue weighted by Crippen LogP contribution is -2.12. The van der Waals surface area contributed by atoms with Crippen LogP contribution in [-0.2, 0) is 0 Å². The van der Waals surface area contributed by atoms with Crippen molar-refractivity contribution in [3.8, 4) is 0 Å². The SMILES string of the molecule is CC1(C)CC[C@H]([C@H](O)c2ccccc2Cl)C1.Cl. The van der Waals surface area contributed by atoms with Gasteiger partial charge in [-0.15, -0.1) is 12.4 Å². The molecule has 0 aliphatic heterocycles. The number of rotatable bonds is 2. The van der Waals surface area contributed by atoms with Gasteiger partial charge in [0.2, 0.25) is 0 Å². The van der Waals surface area contributed by atoms with Crippen LogP contribution >= 0.6 is 24.0 Å². The molecule has 2 atom stereocenters. The smallest absolute Gasteiger partial charge is 0.0832 e. The monoisotopic (exact) mass is 274 g/mol. The summed E-state index contributed by atoms with van der Waals surface area (Å²) in [5, 5.41) is 11.0. The summed E-state index contributed by atoms with van der Waals surface area (Å²) >= 11 is 6.11. The van der Waals surface area contributed by atoms with Gasteiger partial charge in [0.1, 0.15) is 0 Å². The molecule has 0 bridgehead atoms. The van der Waals surface area contributed by atoms with Crippen LogP contribution in [0.1, 0.15) is 44.8 Å². The molecule has 1 aliphatic rings. The van der Waals surface area contributed by atoms with Crippen LogP contribution in [0.3, 0.4) is 0 Å². The van der Waals surface area contributed by atoms with Gasteiger partial charge in [0, 0.05) is 5.02 Å². The van der Waals surface area contributed by atoms with E-state index in [0.717, 1.165) is 18.4 Å². The van der Waals surface area contributed by atoms with Crippen LogP contribution in [0.2, 0.25) is 5.02 Å². The van der Waals surface area contributed by atoms with Crippen LogP contribution in [-0.4, -0.2) is 5.11 Å². The first-order valence-corrected chi connectivity index (χ1v) is 6.30. The van der Waals surface area contributed by atoms with Crippen molar-refractivity contribution in [2.45, 2.75) is 39.2 Å². The predicted octanol–water partition coefficient (Wildman–Crippen LogP) is 4.62. The molecule has 0 aromatic heterocycles. The molecule has 0 amide bonds. The highest BCUT2D eigenvalue weighted by Gasteiger charge is 2.35. The Hall–Kier alpha value is -0.240. The summed E-state index contributed by atoms with van der Waals surface area (Å²) in [4.78, 5) is 0. The number of hydrogen-bond acceptors (Lipinski definition) is 1. The fraction of sp³-hybridized carbons (Fsp3) is 0.571. The second kappa shape index (κ2) is 5.60. The van der Waals surface area contributed by atoms with Crippen LogP contribution < -0.4 is 0 Å². The Labute approximate surface area is 115 Å². The van der Waals surface area contributed by atoms with E-state index in [-0.39, 0.29) is 12.4 Å². The summed E-state index contributed by atoms with van der Waals surface area (Å²) in [6.45, 7) is 4.54. The third-order valence-electron chi connectivity index (χ3n) is 3.68. The lowest BCUT2D eigenvalue weighted by atomic mass is 9.87. The lowest BCUT2D eigenvalue weighted by molar-refractivity contribution is 0.105. The lowest BCUT2D eigenvalue weighted by Gasteiger charge is -2.22. The van der Waals surface area contributed by atoms with Crippen LogP contribution in [0.4, 0.5) is 0 Å². The number of aliphatic hydroxyl groups excluding tert-OH is 1. The van der Waals surface area contributed by atoms with Crippen LogP contribution in [0, 0.1) is 11.3 Å². The molecule has 2 rings (SSSR count). The molecule has 96 valence electrons. The normalized spacial score (nSPS) is 24.1. The summed E-state index contributed by atoms with van der Waals surface area (Å²) in [6.07, 6.45) is 2.97. The fourth-order valence-corrected chi connectivity index (χ4v) is 2.98. The Morgan fingerprint density at radius 1 is 1.35 bits per heavy atom. The minimum atomic E-state index is -0.407. The Morgan fingerprint density at radius 3 is 2.53 bits per heavy atom. The van der Waals surface area contributed by atoms with E-state index in [1.165, 1.54) is 6.42 Å². The molecule has 17 heavy (non-hydrogen) atoms. The third-order valence-corrected chi connectivity index (χ3v) is 4.02. The van der Waals surface area contributed by atoms with Crippen molar-refractivity contribution in [3.05, 3.63) is 34.9 Å². The quantitative estimate of drug-likeness (QED) is 0.834. The first-order chi connectivity index (χ1) is 7.49. The number of halogens is 2. The first kappa shape index (κ1) is 14.8. The zero-order chi connectivity index (χ0) is 11.8. The average Bonchev–Trinajstić information content (AvgIpc) is 2.59. The Bertz CT molecular complexity index is 376. The summed E-state index contributed by atoms with van der Waals surface area (Å²) in [5.74, 6) is 0.356. The molecule has 1 aliphatic carbocycles. The van der Waals surface area contributed by atoms with E-state index in [9.17, 15) is 5.11 Å². The molecule has 0 spiro atoms. The molecule has 0 heterocycles. The van der Waals surface area contributed by atoms with Crippen LogP contribution in [0.5, 0.6) is 0 Å². The van der Waals surface area contributed by atoms with Crippen molar-refractivity contribution in [1.29, 1.82) is 0 Å². The molecular formula is C14H20Cl2O. The Morgan fingerprint density at radius 2 is 2.00 bits per heavy atom. The molecular weight excluding hydrogens is 255 g/mol. The Balaban J connectivity index is 0.00000144. The van der Waals surface area contributed by atoms with Gasteiger partial charge in [-0.25, -0.2) is 0 Å². The van der Waals surface area contributed by atoms with Crippen molar-refractivity contribution in [1.82, 2.24) is 0 Å². The van der Waals surface area contributed by atoms with Gasteiger partial charge < -0.3 is 5.11 Å². The van der Waals surface area contributed by atoms with E-state index in [0.29, 0.717) is 16.4 Å². The van der Waals surface area contributed by atoms with E-state index in [1.807, 2.05) is 24.3 Å². The highest BCUT2D eigenvalue weighted by molar-refractivity contribution is 6.31. The second-order valence-corrected chi connectivity index (χ2v) is 6.04. The van der Waals surface area contributed by atoms with Crippen molar-refractivity contribution in [2.24, 2.45) is 11.3 Å². The van der Waals surface area contributed by atoms with Crippen molar-refractivity contribution in [2.75, 3.05) is 0 Å². The topological polar surface area (TPSA) is 20.2 Å². The number of aliphatic hydroxyl groups is 1. The highest BCUT2D eigenvalue weighted by atomic mass is 35.5. The molecule has 0 unspecified atom stereocenters. The Kier molecular flexibility index (Phi) is 4.88. The molecule has 3 heteroatoms. The molecule has 1 saturated carbocycles. The number of benzene rings is 1. The largest absolute Gasteiger partial charge is 0.388 e. The molecule has 1 aromatic carbocycles. The van der Waals surface area contributed by atoms with Gasteiger partial charge in [0.25, 0.3) is 0 Å². The highest BCUT2D eigenvalue weighted by Crippen LogP contribution is 2.46. The summed E-state index contributed by atoms with van der Waals surface area (Å²) in [7, 11) is 0. The first-order valence-electron chi connectivity index (χ1n) is 5.92. The fourth-order valence-electron chi connectivity index (χ4n) is 2.73. The van der Waals surface area contributed by atoms with Gasteiger partial charge in [-0.05, 0) is 42.2 Å². The molecule has 0 radical (unpaired) electrons. The van der Waals surface area contributed by atoms with Gasteiger partial charge in [-0.1, -0.05) is 43.6 Å². The van der Waals surface area contributed by atoms with Crippen molar-refractivity contribution in [3.63, 3.8) is 0 Å². The summed E-state index contributed by atoms with van der Waals surface area (Å²) in [5.41, 5.74) is 1.25. The van der Waals surface area contributed by atoms with Crippen molar-refractivity contribution < 1.29 is 5.11 Å². The number of hydrogen-bond donors (Lipinski definition) is 1. The molecule has 1 N–H and O–H groups in total.